The quantitative estimate of drug-likeness (QED) is 0.919. The third-order valence-corrected chi connectivity index (χ3v) is 3.56. The van der Waals surface area contributed by atoms with Gasteiger partial charge in [0.2, 0.25) is 5.91 Å². The van der Waals surface area contributed by atoms with E-state index in [0.29, 0.717) is 11.3 Å². The summed E-state index contributed by atoms with van der Waals surface area (Å²) in [5, 5.41) is 11.7. The van der Waals surface area contributed by atoms with E-state index in [1.54, 1.807) is 24.3 Å². The summed E-state index contributed by atoms with van der Waals surface area (Å²) >= 11 is 0. The van der Waals surface area contributed by atoms with Gasteiger partial charge in [0.15, 0.2) is 0 Å². The highest BCUT2D eigenvalue weighted by Crippen LogP contribution is 2.17. The van der Waals surface area contributed by atoms with Gasteiger partial charge >= 0.3 is 0 Å². The molecule has 2 aromatic rings. The zero-order valence-corrected chi connectivity index (χ0v) is 12.8. The van der Waals surface area contributed by atoms with Crippen LogP contribution >= 0.6 is 0 Å². The van der Waals surface area contributed by atoms with Gasteiger partial charge in [0.1, 0.15) is 6.04 Å². The van der Waals surface area contributed by atoms with Gasteiger partial charge in [-0.05, 0) is 50.2 Å². The Labute approximate surface area is 131 Å². The molecule has 22 heavy (non-hydrogen) atoms. The van der Waals surface area contributed by atoms with Crippen LogP contribution in [-0.2, 0) is 4.79 Å². The lowest BCUT2D eigenvalue weighted by molar-refractivity contribution is -0.117. The average molecular weight is 293 g/mol. The number of nitrogens with one attached hydrogen (secondary N) is 1. The minimum Gasteiger partial charge on any atom is -0.360 e. The molecule has 0 saturated heterocycles. The molecule has 4 nitrogen and oxygen atoms in total. The maximum Gasteiger partial charge on any atom is 0.246 e. The van der Waals surface area contributed by atoms with Crippen LogP contribution in [0.1, 0.15) is 19.4 Å². The molecule has 112 valence electrons. The molecule has 0 aliphatic heterocycles. The molecule has 1 N–H and O–H groups in total. The van der Waals surface area contributed by atoms with E-state index in [4.69, 9.17) is 5.26 Å². The van der Waals surface area contributed by atoms with Crippen LogP contribution in [0, 0.1) is 11.3 Å². The Morgan fingerprint density at radius 1 is 1.18 bits per heavy atom. The van der Waals surface area contributed by atoms with E-state index in [2.05, 4.69) is 11.4 Å². The van der Waals surface area contributed by atoms with Crippen molar-refractivity contribution >= 4 is 17.3 Å². The number of para-hydroxylation sites is 1. The number of rotatable bonds is 5. The van der Waals surface area contributed by atoms with Crippen molar-refractivity contribution in [3.63, 3.8) is 0 Å². The van der Waals surface area contributed by atoms with Crippen LogP contribution in [0.3, 0.4) is 0 Å². The molecule has 0 aliphatic carbocycles. The summed E-state index contributed by atoms with van der Waals surface area (Å²) in [4.78, 5) is 14.5. The van der Waals surface area contributed by atoms with Gasteiger partial charge in [-0.2, -0.15) is 5.26 Å². The first-order valence-electron chi connectivity index (χ1n) is 7.28. The van der Waals surface area contributed by atoms with E-state index >= 15 is 0 Å². The largest absolute Gasteiger partial charge is 0.360 e. The molecule has 0 heterocycles. The van der Waals surface area contributed by atoms with Crippen LogP contribution in [0.25, 0.3) is 0 Å². The number of hydrogen-bond acceptors (Lipinski definition) is 3. The number of amides is 1. The van der Waals surface area contributed by atoms with Gasteiger partial charge in [-0.1, -0.05) is 18.2 Å². The number of carbonyl (C=O) groups excluding carboxylic acids is 1. The second-order valence-corrected chi connectivity index (χ2v) is 4.98. The zero-order chi connectivity index (χ0) is 15.9. The summed E-state index contributed by atoms with van der Waals surface area (Å²) in [5.74, 6) is -0.0737. The zero-order valence-electron chi connectivity index (χ0n) is 12.8. The average Bonchev–Trinajstić information content (AvgIpc) is 2.57. The van der Waals surface area contributed by atoms with E-state index in [-0.39, 0.29) is 11.9 Å². The van der Waals surface area contributed by atoms with Crippen LogP contribution in [0.5, 0.6) is 0 Å². The Hall–Kier alpha value is -2.80. The van der Waals surface area contributed by atoms with E-state index in [1.807, 2.05) is 49.1 Å². The Balaban J connectivity index is 2.08. The van der Waals surface area contributed by atoms with Gasteiger partial charge in [-0.15, -0.1) is 0 Å². The number of nitrogens with zero attached hydrogens (tertiary/aromatic N) is 2. The summed E-state index contributed by atoms with van der Waals surface area (Å²) in [5.41, 5.74) is 2.29. The van der Waals surface area contributed by atoms with Crippen molar-refractivity contribution in [2.24, 2.45) is 0 Å². The molecule has 0 aliphatic rings. The van der Waals surface area contributed by atoms with Gasteiger partial charge < -0.3 is 10.2 Å². The first-order valence-corrected chi connectivity index (χ1v) is 7.28. The lowest BCUT2D eigenvalue weighted by Gasteiger charge is -2.29. The van der Waals surface area contributed by atoms with Gasteiger partial charge in [-0.25, -0.2) is 0 Å². The third-order valence-electron chi connectivity index (χ3n) is 3.56. The predicted octanol–water partition coefficient (Wildman–Crippen LogP) is 3.41. The van der Waals surface area contributed by atoms with Crippen molar-refractivity contribution in [3.8, 4) is 6.07 Å². The van der Waals surface area contributed by atoms with E-state index in [0.717, 1.165) is 12.2 Å². The molecule has 0 fully saturated rings. The molecule has 0 radical (unpaired) electrons. The van der Waals surface area contributed by atoms with E-state index in [9.17, 15) is 4.79 Å². The molecule has 0 spiro atoms. The first-order chi connectivity index (χ1) is 10.7. The summed E-state index contributed by atoms with van der Waals surface area (Å²) in [6.07, 6.45) is 0. The van der Waals surface area contributed by atoms with Crippen molar-refractivity contribution < 1.29 is 4.79 Å². The lowest BCUT2D eigenvalue weighted by Crippen LogP contribution is -2.42. The second kappa shape index (κ2) is 7.28. The Morgan fingerprint density at radius 2 is 1.82 bits per heavy atom. The molecule has 1 amide bonds. The number of anilines is 2. The van der Waals surface area contributed by atoms with Gasteiger partial charge in [-0.3, -0.25) is 4.79 Å². The van der Waals surface area contributed by atoms with Crippen molar-refractivity contribution in [3.05, 3.63) is 60.2 Å². The molecule has 1 unspecified atom stereocenters. The maximum atomic E-state index is 12.4. The standard InChI is InChI=1S/C18H19N3O/c1-3-21(17-7-5-4-6-8-17)14(2)18(22)20-16-11-9-15(13-19)10-12-16/h4-12,14H,3H2,1-2H3,(H,20,22). The van der Waals surface area contributed by atoms with Crippen LogP contribution in [0.15, 0.2) is 54.6 Å². The molecule has 4 heteroatoms. The smallest absolute Gasteiger partial charge is 0.246 e. The monoisotopic (exact) mass is 293 g/mol. The summed E-state index contributed by atoms with van der Waals surface area (Å²) < 4.78 is 0. The molecule has 0 aromatic heterocycles. The highest BCUT2D eigenvalue weighted by molar-refractivity contribution is 5.96. The topological polar surface area (TPSA) is 56.1 Å². The van der Waals surface area contributed by atoms with Crippen molar-refractivity contribution in [2.75, 3.05) is 16.8 Å². The number of hydrogen-bond donors (Lipinski definition) is 1. The number of nitriles is 1. The summed E-state index contributed by atoms with van der Waals surface area (Å²) in [6.45, 7) is 4.65. The first kappa shape index (κ1) is 15.6. The van der Waals surface area contributed by atoms with Gasteiger partial charge in [0.25, 0.3) is 0 Å². The summed E-state index contributed by atoms with van der Waals surface area (Å²) in [7, 11) is 0. The third kappa shape index (κ3) is 3.64. The van der Waals surface area contributed by atoms with Crippen molar-refractivity contribution in [2.45, 2.75) is 19.9 Å². The fourth-order valence-corrected chi connectivity index (χ4v) is 2.32. The minimum absolute atomic E-state index is 0.0737. The predicted molar refractivity (Wildman–Crippen MR) is 88.7 cm³/mol. The molecule has 2 aromatic carbocycles. The number of likely N-dealkylation sites (N-methyl/N-ethyl adjacent to an activating group) is 1. The second-order valence-electron chi connectivity index (χ2n) is 4.98. The number of benzene rings is 2. The minimum atomic E-state index is -0.289. The molecular weight excluding hydrogens is 274 g/mol. The van der Waals surface area contributed by atoms with E-state index in [1.165, 1.54) is 0 Å². The molecule has 0 bridgehead atoms. The Bertz CT molecular complexity index is 659. The Morgan fingerprint density at radius 3 is 2.36 bits per heavy atom. The highest BCUT2D eigenvalue weighted by Gasteiger charge is 2.20. The number of carbonyl (C=O) groups is 1. The van der Waals surface area contributed by atoms with Crippen LogP contribution in [0.2, 0.25) is 0 Å². The van der Waals surface area contributed by atoms with Crippen molar-refractivity contribution in [1.82, 2.24) is 0 Å². The maximum absolute atomic E-state index is 12.4. The lowest BCUT2D eigenvalue weighted by atomic mass is 10.2. The fraction of sp³-hybridized carbons (Fsp3) is 0.222. The van der Waals surface area contributed by atoms with Crippen LogP contribution in [-0.4, -0.2) is 18.5 Å². The molecule has 1 atom stereocenters. The molecular formula is C18H19N3O. The van der Waals surface area contributed by atoms with Crippen molar-refractivity contribution in [1.29, 1.82) is 5.26 Å². The highest BCUT2D eigenvalue weighted by atomic mass is 16.2. The van der Waals surface area contributed by atoms with Gasteiger partial charge in [0, 0.05) is 17.9 Å². The molecule has 0 saturated carbocycles. The van der Waals surface area contributed by atoms with Gasteiger partial charge in [0.05, 0.1) is 11.6 Å². The summed E-state index contributed by atoms with van der Waals surface area (Å²) in [6, 6.07) is 18.5. The fourth-order valence-electron chi connectivity index (χ4n) is 2.32. The molecule has 2 rings (SSSR count). The van der Waals surface area contributed by atoms with Crippen LogP contribution in [0.4, 0.5) is 11.4 Å². The Kier molecular flexibility index (Phi) is 5.16. The van der Waals surface area contributed by atoms with Crippen LogP contribution < -0.4 is 10.2 Å². The van der Waals surface area contributed by atoms with E-state index < -0.39 is 0 Å². The normalized spacial score (nSPS) is 11.3. The SMILES string of the molecule is CCN(c1ccccc1)C(C)C(=O)Nc1ccc(C#N)cc1.